The van der Waals surface area contributed by atoms with Crippen molar-refractivity contribution in [3.8, 4) is 0 Å². The van der Waals surface area contributed by atoms with E-state index in [1.807, 2.05) is 6.92 Å². The first-order valence-corrected chi connectivity index (χ1v) is 12.2. The lowest BCUT2D eigenvalue weighted by Crippen LogP contribution is -2.51. The highest BCUT2D eigenvalue weighted by molar-refractivity contribution is 7.89. The number of hydrogen-bond acceptors (Lipinski definition) is 7. The third-order valence-electron chi connectivity index (χ3n) is 5.38. The van der Waals surface area contributed by atoms with Gasteiger partial charge in [-0.25, -0.2) is 18.1 Å². The van der Waals surface area contributed by atoms with Gasteiger partial charge < -0.3 is 15.8 Å². The number of amides is 4. The molecule has 1 aliphatic rings. The molecule has 1 heterocycles. The molecule has 0 saturated carbocycles. The van der Waals surface area contributed by atoms with E-state index in [0.29, 0.717) is 10.5 Å². The molecule has 0 aromatic heterocycles. The van der Waals surface area contributed by atoms with E-state index < -0.39 is 58.6 Å². The van der Waals surface area contributed by atoms with Gasteiger partial charge in [-0.2, -0.15) is 4.72 Å². The lowest BCUT2D eigenvalue weighted by molar-refractivity contribution is -0.135. The topological polar surface area (TPSA) is 165 Å². The van der Waals surface area contributed by atoms with E-state index in [4.69, 9.17) is 10.5 Å². The zero-order valence-corrected chi connectivity index (χ0v) is 19.9. The number of nitrogens with two attached hydrogens (primary N) is 1. The van der Waals surface area contributed by atoms with Crippen LogP contribution >= 0.6 is 0 Å². The van der Waals surface area contributed by atoms with Crippen LogP contribution in [-0.4, -0.2) is 61.9 Å². The number of imide groups is 1. The smallest absolute Gasteiger partial charge is 0.418 e. The lowest BCUT2D eigenvalue weighted by Gasteiger charge is -2.21. The third kappa shape index (κ3) is 6.22. The fourth-order valence-electron chi connectivity index (χ4n) is 3.46. The Labute approximate surface area is 202 Å². The summed E-state index contributed by atoms with van der Waals surface area (Å²) < 4.78 is 32.3. The number of nitrogens with one attached hydrogen (secondary N) is 2. The fourth-order valence-corrected chi connectivity index (χ4v) is 4.66. The zero-order valence-electron chi connectivity index (χ0n) is 19.1. The van der Waals surface area contributed by atoms with E-state index >= 15 is 0 Å². The second-order valence-electron chi connectivity index (χ2n) is 8.09. The molecule has 12 heteroatoms. The van der Waals surface area contributed by atoms with Crippen LogP contribution in [0.5, 0.6) is 0 Å². The minimum absolute atomic E-state index is 0.00537. The van der Waals surface area contributed by atoms with Crippen LogP contribution in [0.3, 0.4) is 0 Å². The predicted octanol–water partition coefficient (Wildman–Crippen LogP) is 0.222. The Morgan fingerprint density at radius 2 is 1.71 bits per heavy atom. The number of sulfonamides is 1. The molecule has 1 aliphatic heterocycles. The van der Waals surface area contributed by atoms with E-state index in [-0.39, 0.29) is 11.3 Å². The Balaban J connectivity index is 1.61. The summed E-state index contributed by atoms with van der Waals surface area (Å²) in [5, 5.41) is 2.39. The molecule has 1 fully saturated rings. The molecule has 2 aromatic rings. The van der Waals surface area contributed by atoms with Gasteiger partial charge >= 0.3 is 6.09 Å². The quantitative estimate of drug-likeness (QED) is 0.418. The Hall–Kier alpha value is -3.77. The second kappa shape index (κ2) is 10.7. The molecule has 0 bridgehead atoms. The van der Waals surface area contributed by atoms with Gasteiger partial charge in [0.25, 0.3) is 5.91 Å². The molecule has 0 radical (unpaired) electrons. The number of carbonyl (C=O) groups excluding carboxylic acids is 4. The summed E-state index contributed by atoms with van der Waals surface area (Å²) in [5.74, 6) is -2.45. The van der Waals surface area contributed by atoms with Crippen molar-refractivity contribution in [3.05, 3.63) is 65.7 Å². The van der Waals surface area contributed by atoms with Crippen LogP contribution in [0.15, 0.2) is 59.5 Å². The molecule has 186 valence electrons. The minimum atomic E-state index is -3.96. The largest absolute Gasteiger partial charge is 0.434 e. The maximum absolute atomic E-state index is 12.8. The summed E-state index contributed by atoms with van der Waals surface area (Å²) in [6.45, 7) is 2.73. The van der Waals surface area contributed by atoms with Crippen molar-refractivity contribution in [2.45, 2.75) is 43.4 Å². The van der Waals surface area contributed by atoms with Gasteiger partial charge in [0, 0.05) is 6.42 Å². The predicted molar refractivity (Wildman–Crippen MR) is 124 cm³/mol. The van der Waals surface area contributed by atoms with Crippen molar-refractivity contribution in [3.63, 3.8) is 0 Å². The Bertz CT molecular complexity index is 1220. The number of rotatable bonds is 10. The highest BCUT2D eigenvalue weighted by atomic mass is 32.2. The van der Waals surface area contributed by atoms with E-state index in [1.54, 1.807) is 42.5 Å². The summed E-state index contributed by atoms with van der Waals surface area (Å²) in [7, 11) is -3.96. The molecule has 0 spiro atoms. The first-order valence-electron chi connectivity index (χ1n) is 10.7. The summed E-state index contributed by atoms with van der Waals surface area (Å²) >= 11 is 0. The van der Waals surface area contributed by atoms with Crippen LogP contribution in [0.2, 0.25) is 0 Å². The third-order valence-corrected chi connectivity index (χ3v) is 6.94. The zero-order chi connectivity index (χ0) is 25.8. The molecule has 4 N–H and O–H groups in total. The molecule has 11 nitrogen and oxygen atoms in total. The average molecular weight is 503 g/mol. The average Bonchev–Trinajstić information content (AvgIpc) is 3.09. The van der Waals surface area contributed by atoms with Gasteiger partial charge in [0.05, 0.1) is 17.5 Å². The SMILES string of the molecule is Cc1ccc(S(=O)(=O)N[C@@H](C)C(=O)NC[C@H]2OC(=O)N([C@@H](Cc3ccccc3)C(N)=O)C2=O)cc1. The minimum Gasteiger partial charge on any atom is -0.434 e. The van der Waals surface area contributed by atoms with E-state index in [1.165, 1.54) is 19.1 Å². The maximum atomic E-state index is 12.8. The van der Waals surface area contributed by atoms with E-state index in [9.17, 15) is 27.6 Å². The van der Waals surface area contributed by atoms with Gasteiger partial charge in [0.15, 0.2) is 6.10 Å². The van der Waals surface area contributed by atoms with Crippen molar-refractivity contribution in [1.29, 1.82) is 0 Å². The molecule has 4 amide bonds. The Morgan fingerprint density at radius 3 is 2.31 bits per heavy atom. The monoisotopic (exact) mass is 502 g/mol. The summed E-state index contributed by atoms with van der Waals surface area (Å²) in [4.78, 5) is 50.2. The first-order chi connectivity index (χ1) is 16.5. The highest BCUT2D eigenvalue weighted by Gasteiger charge is 2.46. The lowest BCUT2D eigenvalue weighted by atomic mass is 10.0. The van der Waals surface area contributed by atoms with Crippen LogP contribution in [0.1, 0.15) is 18.1 Å². The summed E-state index contributed by atoms with van der Waals surface area (Å²) in [6, 6.07) is 12.3. The van der Waals surface area contributed by atoms with Crippen molar-refractivity contribution in [1.82, 2.24) is 14.9 Å². The van der Waals surface area contributed by atoms with Gasteiger partial charge in [-0.1, -0.05) is 48.0 Å². The van der Waals surface area contributed by atoms with Crippen LogP contribution in [0.4, 0.5) is 4.79 Å². The van der Waals surface area contributed by atoms with Crippen molar-refractivity contribution in [2.75, 3.05) is 6.54 Å². The summed E-state index contributed by atoms with van der Waals surface area (Å²) in [5.41, 5.74) is 7.00. The van der Waals surface area contributed by atoms with Crippen LogP contribution in [-0.2, 0) is 35.6 Å². The molecule has 35 heavy (non-hydrogen) atoms. The number of primary amides is 1. The molecule has 1 saturated heterocycles. The molecular formula is C23H26N4O7S. The normalized spacial score (nSPS) is 17.5. The first kappa shape index (κ1) is 25.8. The molecule has 0 aliphatic carbocycles. The number of benzene rings is 2. The summed E-state index contributed by atoms with van der Waals surface area (Å²) in [6.07, 6.45) is -2.43. The second-order valence-corrected chi connectivity index (χ2v) is 9.80. The van der Waals surface area contributed by atoms with Crippen molar-refractivity contribution >= 4 is 33.8 Å². The highest BCUT2D eigenvalue weighted by Crippen LogP contribution is 2.19. The molecular weight excluding hydrogens is 476 g/mol. The number of ether oxygens (including phenoxy) is 1. The maximum Gasteiger partial charge on any atom is 0.418 e. The van der Waals surface area contributed by atoms with Crippen molar-refractivity contribution < 1.29 is 32.3 Å². The van der Waals surface area contributed by atoms with Crippen LogP contribution in [0, 0.1) is 6.92 Å². The number of aryl methyl sites for hydroxylation is 1. The van der Waals surface area contributed by atoms with Gasteiger partial charge in [0.1, 0.15) is 6.04 Å². The van der Waals surface area contributed by atoms with Gasteiger partial charge in [-0.05, 0) is 31.5 Å². The molecule has 2 aromatic carbocycles. The van der Waals surface area contributed by atoms with Crippen LogP contribution in [0.25, 0.3) is 0 Å². The Morgan fingerprint density at radius 1 is 1.09 bits per heavy atom. The molecule has 3 rings (SSSR count). The molecule has 3 atom stereocenters. The Kier molecular flexibility index (Phi) is 7.87. The number of nitrogens with zero attached hydrogens (tertiary/aromatic N) is 1. The van der Waals surface area contributed by atoms with Gasteiger partial charge in [-0.15, -0.1) is 0 Å². The number of cyclic esters (lactones) is 1. The van der Waals surface area contributed by atoms with E-state index in [2.05, 4.69) is 10.0 Å². The van der Waals surface area contributed by atoms with Gasteiger partial charge in [0.2, 0.25) is 21.8 Å². The van der Waals surface area contributed by atoms with Crippen LogP contribution < -0.4 is 15.8 Å². The fraction of sp³-hybridized carbons (Fsp3) is 0.304. The molecule has 0 unspecified atom stereocenters. The standard InChI is InChI=1S/C23H26N4O7S/c1-14-8-10-17(11-9-14)35(32,33)26-15(2)21(29)25-13-19-22(30)27(23(31)34-19)18(20(24)28)12-16-6-4-3-5-7-16/h3-11,15,18-19,26H,12-13H2,1-2H3,(H2,24,28)(H,25,29)/t15-,18-,19+/m0/s1. The van der Waals surface area contributed by atoms with E-state index in [0.717, 1.165) is 5.56 Å². The number of hydrogen-bond donors (Lipinski definition) is 3. The van der Waals surface area contributed by atoms with Crippen molar-refractivity contribution in [2.24, 2.45) is 5.73 Å². The number of carbonyl (C=O) groups is 4. The van der Waals surface area contributed by atoms with Gasteiger partial charge in [-0.3, -0.25) is 14.4 Å².